The Bertz CT molecular complexity index is 579. The molecule has 8 heteroatoms. The standard InChI is InChI=1S/C12H20N4O3S/c1-15-7-12(14-8-15)20(17,18)16-5-9(10(13)6-16)11-3-2-4-19-11/h7-11H,2-6,13H2,1H3/t9?,10?,11-/m0/s1. The van der Waals surface area contributed by atoms with Gasteiger partial charge in [-0.2, -0.15) is 4.31 Å². The normalized spacial score (nSPS) is 32.0. The van der Waals surface area contributed by atoms with Crippen LogP contribution in [-0.2, 0) is 21.8 Å². The van der Waals surface area contributed by atoms with Gasteiger partial charge in [0.15, 0.2) is 5.03 Å². The van der Waals surface area contributed by atoms with E-state index in [1.807, 2.05) is 0 Å². The van der Waals surface area contributed by atoms with Crippen LogP contribution >= 0.6 is 0 Å². The fraction of sp³-hybridized carbons (Fsp3) is 0.750. The van der Waals surface area contributed by atoms with Gasteiger partial charge in [0.1, 0.15) is 0 Å². The molecule has 1 aromatic heterocycles. The molecule has 3 heterocycles. The van der Waals surface area contributed by atoms with Crippen molar-refractivity contribution in [3.05, 3.63) is 12.5 Å². The van der Waals surface area contributed by atoms with Gasteiger partial charge in [-0.05, 0) is 12.8 Å². The molecule has 0 bridgehead atoms. The van der Waals surface area contributed by atoms with E-state index >= 15 is 0 Å². The number of sulfonamides is 1. The molecular formula is C12H20N4O3S. The lowest BCUT2D eigenvalue weighted by molar-refractivity contribution is 0.0633. The first kappa shape index (κ1) is 14.0. The molecule has 0 radical (unpaired) electrons. The van der Waals surface area contributed by atoms with Crippen LogP contribution in [0.2, 0.25) is 0 Å². The van der Waals surface area contributed by atoms with Crippen LogP contribution in [-0.4, -0.2) is 54.1 Å². The molecule has 2 unspecified atom stereocenters. The fourth-order valence-corrected chi connectivity index (χ4v) is 4.48. The second-order valence-corrected chi connectivity index (χ2v) is 7.46. The number of aromatic nitrogens is 2. The zero-order chi connectivity index (χ0) is 14.3. The maximum atomic E-state index is 12.5. The minimum atomic E-state index is -3.55. The Morgan fingerprint density at radius 2 is 2.25 bits per heavy atom. The van der Waals surface area contributed by atoms with Crippen LogP contribution in [0.15, 0.2) is 17.6 Å². The summed E-state index contributed by atoms with van der Waals surface area (Å²) >= 11 is 0. The summed E-state index contributed by atoms with van der Waals surface area (Å²) in [6, 6.07) is -0.170. The molecule has 3 atom stereocenters. The van der Waals surface area contributed by atoms with Crippen LogP contribution in [0, 0.1) is 5.92 Å². The summed E-state index contributed by atoms with van der Waals surface area (Å²) in [4.78, 5) is 3.94. The predicted octanol–water partition coefficient (Wildman–Crippen LogP) is -0.453. The second-order valence-electron chi connectivity index (χ2n) is 5.58. The van der Waals surface area contributed by atoms with Crippen molar-refractivity contribution in [3.63, 3.8) is 0 Å². The van der Waals surface area contributed by atoms with E-state index in [0.29, 0.717) is 13.1 Å². The molecule has 2 saturated heterocycles. The van der Waals surface area contributed by atoms with E-state index in [1.54, 1.807) is 11.6 Å². The number of hydrogen-bond acceptors (Lipinski definition) is 5. The van der Waals surface area contributed by atoms with Crippen LogP contribution in [0.3, 0.4) is 0 Å². The highest BCUT2D eigenvalue weighted by Gasteiger charge is 2.43. The number of nitrogens with zero attached hydrogens (tertiary/aromatic N) is 3. The largest absolute Gasteiger partial charge is 0.378 e. The van der Waals surface area contributed by atoms with E-state index in [0.717, 1.165) is 19.4 Å². The topological polar surface area (TPSA) is 90.5 Å². The molecule has 112 valence electrons. The fourth-order valence-electron chi connectivity index (χ4n) is 3.00. The molecule has 20 heavy (non-hydrogen) atoms. The molecule has 0 spiro atoms. The average molecular weight is 300 g/mol. The van der Waals surface area contributed by atoms with E-state index in [-0.39, 0.29) is 23.1 Å². The van der Waals surface area contributed by atoms with Crippen molar-refractivity contribution in [1.29, 1.82) is 0 Å². The van der Waals surface area contributed by atoms with Crippen LogP contribution in [0.1, 0.15) is 12.8 Å². The lowest BCUT2D eigenvalue weighted by Gasteiger charge is -2.20. The number of rotatable bonds is 3. The van der Waals surface area contributed by atoms with Crippen molar-refractivity contribution in [1.82, 2.24) is 13.9 Å². The Labute approximate surface area is 118 Å². The summed E-state index contributed by atoms with van der Waals surface area (Å²) in [5.74, 6) is 0.0796. The summed E-state index contributed by atoms with van der Waals surface area (Å²) < 4.78 is 33.7. The van der Waals surface area contributed by atoms with Gasteiger partial charge in [0.05, 0.1) is 12.4 Å². The highest BCUT2D eigenvalue weighted by atomic mass is 32.2. The Morgan fingerprint density at radius 3 is 2.85 bits per heavy atom. The zero-order valence-electron chi connectivity index (χ0n) is 11.5. The Kier molecular flexibility index (Phi) is 3.57. The van der Waals surface area contributed by atoms with Crippen molar-refractivity contribution in [2.45, 2.75) is 30.0 Å². The van der Waals surface area contributed by atoms with Gasteiger partial charge < -0.3 is 15.0 Å². The number of nitrogens with two attached hydrogens (primary N) is 1. The van der Waals surface area contributed by atoms with E-state index in [4.69, 9.17) is 10.5 Å². The van der Waals surface area contributed by atoms with Gasteiger partial charge in [0.2, 0.25) is 0 Å². The number of imidazole rings is 1. The minimum Gasteiger partial charge on any atom is -0.378 e. The van der Waals surface area contributed by atoms with Gasteiger partial charge in [0, 0.05) is 44.9 Å². The molecule has 0 saturated carbocycles. The summed E-state index contributed by atoms with van der Waals surface area (Å²) in [6.07, 6.45) is 5.09. The van der Waals surface area contributed by atoms with E-state index in [1.165, 1.54) is 16.8 Å². The third kappa shape index (κ3) is 2.37. The van der Waals surface area contributed by atoms with Crippen molar-refractivity contribution in [2.24, 2.45) is 18.7 Å². The predicted molar refractivity (Wildman–Crippen MR) is 72.4 cm³/mol. The van der Waals surface area contributed by atoms with E-state index in [2.05, 4.69) is 4.98 Å². The molecule has 2 N–H and O–H groups in total. The lowest BCUT2D eigenvalue weighted by Crippen LogP contribution is -2.36. The molecule has 0 amide bonds. The van der Waals surface area contributed by atoms with Crippen LogP contribution in [0.5, 0.6) is 0 Å². The quantitative estimate of drug-likeness (QED) is 0.816. The summed E-state index contributed by atoms with van der Waals surface area (Å²) in [5, 5.41) is 0.0835. The molecule has 1 aromatic rings. The highest BCUT2D eigenvalue weighted by Crippen LogP contribution is 2.30. The number of hydrogen-bond donors (Lipinski definition) is 1. The van der Waals surface area contributed by atoms with Gasteiger partial charge in [-0.3, -0.25) is 0 Å². The Morgan fingerprint density at radius 1 is 1.45 bits per heavy atom. The first-order chi connectivity index (χ1) is 9.48. The molecule has 0 aromatic carbocycles. The monoisotopic (exact) mass is 300 g/mol. The molecule has 3 rings (SSSR count). The molecule has 2 fully saturated rings. The summed E-state index contributed by atoms with van der Waals surface area (Å²) in [6.45, 7) is 1.51. The molecule has 2 aliphatic heterocycles. The van der Waals surface area contributed by atoms with Gasteiger partial charge in [-0.25, -0.2) is 13.4 Å². The lowest BCUT2D eigenvalue weighted by atomic mass is 9.96. The first-order valence-corrected chi connectivity index (χ1v) is 8.28. The zero-order valence-corrected chi connectivity index (χ0v) is 12.3. The van der Waals surface area contributed by atoms with Crippen molar-refractivity contribution in [3.8, 4) is 0 Å². The summed E-state index contributed by atoms with van der Waals surface area (Å²) in [5.41, 5.74) is 6.12. The summed E-state index contributed by atoms with van der Waals surface area (Å²) in [7, 11) is -1.80. The Balaban J connectivity index is 1.78. The van der Waals surface area contributed by atoms with Crippen LogP contribution in [0.4, 0.5) is 0 Å². The number of ether oxygens (including phenoxy) is 1. The highest BCUT2D eigenvalue weighted by molar-refractivity contribution is 7.89. The van der Waals surface area contributed by atoms with Gasteiger partial charge in [0.25, 0.3) is 10.0 Å². The van der Waals surface area contributed by atoms with Crippen molar-refractivity contribution >= 4 is 10.0 Å². The molecule has 0 aliphatic carbocycles. The van der Waals surface area contributed by atoms with Gasteiger partial charge >= 0.3 is 0 Å². The third-order valence-corrected chi connectivity index (χ3v) is 5.82. The first-order valence-electron chi connectivity index (χ1n) is 6.84. The van der Waals surface area contributed by atoms with Crippen molar-refractivity contribution < 1.29 is 13.2 Å². The van der Waals surface area contributed by atoms with Crippen molar-refractivity contribution in [2.75, 3.05) is 19.7 Å². The average Bonchev–Trinajstić information content (AvgIpc) is 3.08. The van der Waals surface area contributed by atoms with E-state index < -0.39 is 10.0 Å². The molecule has 2 aliphatic rings. The maximum Gasteiger partial charge on any atom is 0.262 e. The molecule has 7 nitrogen and oxygen atoms in total. The Hall–Kier alpha value is -0.960. The molecular weight excluding hydrogens is 280 g/mol. The second kappa shape index (κ2) is 5.10. The van der Waals surface area contributed by atoms with Crippen LogP contribution in [0.25, 0.3) is 0 Å². The van der Waals surface area contributed by atoms with Gasteiger partial charge in [-0.15, -0.1) is 0 Å². The maximum absolute atomic E-state index is 12.5. The minimum absolute atomic E-state index is 0.0796. The van der Waals surface area contributed by atoms with Gasteiger partial charge in [-0.1, -0.05) is 0 Å². The smallest absolute Gasteiger partial charge is 0.262 e. The number of aryl methyl sites for hydroxylation is 1. The third-order valence-electron chi connectivity index (χ3n) is 4.11. The van der Waals surface area contributed by atoms with E-state index in [9.17, 15) is 8.42 Å². The van der Waals surface area contributed by atoms with Crippen LogP contribution < -0.4 is 5.73 Å². The SMILES string of the molecule is Cn1cnc(S(=O)(=O)N2CC(N)C([C@@H]3CCCO3)C2)c1.